The van der Waals surface area contributed by atoms with Crippen molar-refractivity contribution in [2.24, 2.45) is 0 Å². The zero-order chi connectivity index (χ0) is 16.2. The van der Waals surface area contributed by atoms with Crippen LogP contribution in [-0.4, -0.2) is 22.4 Å². The first-order valence-corrected chi connectivity index (χ1v) is 8.01. The number of carbonyl (C=O) groups is 1. The van der Waals surface area contributed by atoms with Crippen LogP contribution in [0.2, 0.25) is 10.0 Å². The van der Waals surface area contributed by atoms with E-state index in [0.29, 0.717) is 23.0 Å². The Bertz CT molecular complexity index is 812. The number of aromatic nitrogens is 2. The van der Waals surface area contributed by atoms with E-state index >= 15 is 0 Å². The molecular weight excluding hydrogens is 333 g/mol. The van der Waals surface area contributed by atoms with Gasteiger partial charge in [-0.05, 0) is 29.8 Å². The Morgan fingerprint density at radius 3 is 2.74 bits per heavy atom. The minimum Gasteiger partial charge on any atom is -0.355 e. The van der Waals surface area contributed by atoms with Gasteiger partial charge in [-0.25, -0.2) is 4.98 Å². The summed E-state index contributed by atoms with van der Waals surface area (Å²) in [5.74, 6) is 0.806. The number of rotatable bonds is 5. The minimum absolute atomic E-state index is 0.0560. The molecule has 0 radical (unpaired) electrons. The molecule has 0 atom stereocenters. The number of carbonyl (C=O) groups excluding carboxylic acids is 1. The van der Waals surface area contributed by atoms with Gasteiger partial charge in [0, 0.05) is 13.0 Å². The average molecular weight is 348 g/mol. The van der Waals surface area contributed by atoms with E-state index in [2.05, 4.69) is 15.3 Å². The summed E-state index contributed by atoms with van der Waals surface area (Å²) < 4.78 is 0. The van der Waals surface area contributed by atoms with Gasteiger partial charge in [0.2, 0.25) is 5.91 Å². The van der Waals surface area contributed by atoms with Crippen LogP contribution in [0.5, 0.6) is 0 Å². The Labute approximate surface area is 143 Å². The predicted molar refractivity (Wildman–Crippen MR) is 93.0 cm³/mol. The van der Waals surface area contributed by atoms with Gasteiger partial charge >= 0.3 is 0 Å². The lowest BCUT2D eigenvalue weighted by Crippen LogP contribution is -2.27. The third-order valence-electron chi connectivity index (χ3n) is 3.47. The van der Waals surface area contributed by atoms with E-state index < -0.39 is 0 Å². The van der Waals surface area contributed by atoms with Crippen molar-refractivity contribution in [3.05, 3.63) is 63.9 Å². The fourth-order valence-electron chi connectivity index (χ4n) is 2.34. The van der Waals surface area contributed by atoms with Crippen molar-refractivity contribution in [2.45, 2.75) is 12.8 Å². The maximum atomic E-state index is 12.0. The highest BCUT2D eigenvalue weighted by Crippen LogP contribution is 2.22. The summed E-state index contributed by atoms with van der Waals surface area (Å²) in [6.45, 7) is 0.528. The molecule has 0 fully saturated rings. The first kappa shape index (κ1) is 15.8. The zero-order valence-corrected chi connectivity index (χ0v) is 13.8. The van der Waals surface area contributed by atoms with Crippen LogP contribution in [0.15, 0.2) is 42.5 Å². The second kappa shape index (κ2) is 7.02. The molecule has 0 aliphatic carbocycles. The van der Waals surface area contributed by atoms with Crippen molar-refractivity contribution in [2.75, 3.05) is 6.54 Å². The third-order valence-corrected chi connectivity index (χ3v) is 4.21. The molecule has 118 valence electrons. The lowest BCUT2D eigenvalue weighted by atomic mass is 10.1. The molecule has 0 saturated heterocycles. The predicted octanol–water partition coefficient (Wildman–Crippen LogP) is 3.77. The number of hydrogen-bond donors (Lipinski definition) is 2. The molecule has 0 spiro atoms. The Balaban J connectivity index is 1.51. The number of H-pyrrole nitrogens is 1. The van der Waals surface area contributed by atoms with E-state index in [0.717, 1.165) is 22.4 Å². The number of halogens is 2. The Morgan fingerprint density at radius 1 is 1.13 bits per heavy atom. The van der Waals surface area contributed by atoms with Crippen molar-refractivity contribution < 1.29 is 4.79 Å². The number of para-hydroxylation sites is 2. The molecule has 23 heavy (non-hydrogen) atoms. The van der Waals surface area contributed by atoms with Gasteiger partial charge in [-0.3, -0.25) is 4.79 Å². The fourth-order valence-corrected chi connectivity index (χ4v) is 2.66. The van der Waals surface area contributed by atoms with Gasteiger partial charge in [0.15, 0.2) is 0 Å². The number of nitrogens with zero attached hydrogens (tertiary/aromatic N) is 1. The average Bonchev–Trinajstić information content (AvgIpc) is 2.93. The highest BCUT2D eigenvalue weighted by Gasteiger charge is 2.07. The maximum absolute atomic E-state index is 12.0. The molecule has 2 aromatic carbocycles. The van der Waals surface area contributed by atoms with Crippen LogP contribution in [0.25, 0.3) is 11.0 Å². The lowest BCUT2D eigenvalue weighted by Gasteiger charge is -2.05. The molecule has 0 bridgehead atoms. The zero-order valence-electron chi connectivity index (χ0n) is 12.3. The molecule has 0 unspecified atom stereocenters. The summed E-state index contributed by atoms with van der Waals surface area (Å²) in [4.78, 5) is 19.7. The molecule has 1 heterocycles. The van der Waals surface area contributed by atoms with Crippen LogP contribution in [0, 0.1) is 0 Å². The molecule has 0 aliphatic rings. The second-order valence-corrected chi connectivity index (χ2v) is 6.04. The maximum Gasteiger partial charge on any atom is 0.224 e. The largest absolute Gasteiger partial charge is 0.355 e. The van der Waals surface area contributed by atoms with E-state index in [9.17, 15) is 4.79 Å². The number of imidazole rings is 1. The number of amides is 1. The molecule has 0 aliphatic heterocycles. The fraction of sp³-hybridized carbons (Fsp3) is 0.176. The summed E-state index contributed by atoms with van der Waals surface area (Å²) in [5, 5.41) is 3.83. The van der Waals surface area contributed by atoms with E-state index in [1.165, 1.54) is 0 Å². The van der Waals surface area contributed by atoms with E-state index in [1.54, 1.807) is 18.2 Å². The normalized spacial score (nSPS) is 10.9. The molecule has 1 aromatic heterocycles. The van der Waals surface area contributed by atoms with Crippen LogP contribution in [0.1, 0.15) is 11.4 Å². The standard InChI is InChI=1S/C17H15Cl2N3O/c18-12-6-5-11(9-13(12)19)10-17(23)20-8-7-16-21-14-3-1-2-4-15(14)22-16/h1-6,9H,7-8,10H2,(H,20,23)(H,21,22). The summed E-state index contributed by atoms with van der Waals surface area (Å²) in [5.41, 5.74) is 2.77. The number of benzene rings is 2. The Hall–Kier alpha value is -2.04. The van der Waals surface area contributed by atoms with Gasteiger partial charge in [-0.2, -0.15) is 0 Å². The monoisotopic (exact) mass is 347 g/mol. The highest BCUT2D eigenvalue weighted by atomic mass is 35.5. The van der Waals surface area contributed by atoms with Crippen LogP contribution in [-0.2, 0) is 17.6 Å². The number of nitrogens with one attached hydrogen (secondary N) is 2. The van der Waals surface area contributed by atoms with Gasteiger partial charge < -0.3 is 10.3 Å². The summed E-state index contributed by atoms with van der Waals surface area (Å²) in [7, 11) is 0. The molecule has 1 amide bonds. The van der Waals surface area contributed by atoms with Gasteiger partial charge in [0.25, 0.3) is 0 Å². The van der Waals surface area contributed by atoms with Gasteiger partial charge in [-0.15, -0.1) is 0 Å². The topological polar surface area (TPSA) is 57.8 Å². The third kappa shape index (κ3) is 4.03. The van der Waals surface area contributed by atoms with Crippen molar-refractivity contribution in [1.29, 1.82) is 0 Å². The smallest absolute Gasteiger partial charge is 0.224 e. The Morgan fingerprint density at radius 2 is 1.96 bits per heavy atom. The van der Waals surface area contributed by atoms with E-state index in [1.807, 2.05) is 24.3 Å². The molecule has 2 N–H and O–H groups in total. The summed E-state index contributed by atoms with van der Waals surface area (Å²) >= 11 is 11.8. The molecular formula is C17H15Cl2N3O. The van der Waals surface area contributed by atoms with Gasteiger partial charge in [-0.1, -0.05) is 41.4 Å². The number of hydrogen-bond acceptors (Lipinski definition) is 2. The second-order valence-electron chi connectivity index (χ2n) is 5.23. The lowest BCUT2D eigenvalue weighted by molar-refractivity contribution is -0.120. The van der Waals surface area contributed by atoms with Crippen molar-refractivity contribution in [3.63, 3.8) is 0 Å². The molecule has 4 nitrogen and oxygen atoms in total. The van der Waals surface area contributed by atoms with Crippen molar-refractivity contribution >= 4 is 40.1 Å². The number of aromatic amines is 1. The molecule has 3 rings (SSSR count). The minimum atomic E-state index is -0.0560. The summed E-state index contributed by atoms with van der Waals surface area (Å²) in [6, 6.07) is 13.1. The molecule has 0 saturated carbocycles. The van der Waals surface area contributed by atoms with Gasteiger partial charge in [0.05, 0.1) is 27.5 Å². The van der Waals surface area contributed by atoms with E-state index in [-0.39, 0.29) is 12.3 Å². The van der Waals surface area contributed by atoms with Crippen molar-refractivity contribution in [1.82, 2.24) is 15.3 Å². The SMILES string of the molecule is O=C(Cc1ccc(Cl)c(Cl)c1)NCCc1nc2ccccc2[nH]1. The molecule has 6 heteroatoms. The van der Waals surface area contributed by atoms with Crippen LogP contribution in [0.4, 0.5) is 0 Å². The van der Waals surface area contributed by atoms with Crippen molar-refractivity contribution in [3.8, 4) is 0 Å². The quantitative estimate of drug-likeness (QED) is 0.737. The first-order chi connectivity index (χ1) is 11.1. The van der Waals surface area contributed by atoms with E-state index in [4.69, 9.17) is 23.2 Å². The van der Waals surface area contributed by atoms with Crippen LogP contribution >= 0.6 is 23.2 Å². The number of fused-ring (bicyclic) bond motifs is 1. The Kier molecular flexibility index (Phi) is 4.84. The van der Waals surface area contributed by atoms with Crippen LogP contribution in [0.3, 0.4) is 0 Å². The molecule has 3 aromatic rings. The highest BCUT2D eigenvalue weighted by molar-refractivity contribution is 6.42. The summed E-state index contributed by atoms with van der Waals surface area (Å²) in [6.07, 6.45) is 0.929. The van der Waals surface area contributed by atoms with Crippen LogP contribution < -0.4 is 5.32 Å². The van der Waals surface area contributed by atoms with Gasteiger partial charge in [0.1, 0.15) is 5.82 Å². The first-order valence-electron chi connectivity index (χ1n) is 7.26.